The molecular weight excluding hydrogens is 264 g/mol. The van der Waals surface area contributed by atoms with Gasteiger partial charge in [-0.2, -0.15) is 0 Å². The van der Waals surface area contributed by atoms with E-state index in [9.17, 15) is 4.79 Å². The molecule has 1 amide bonds. The van der Waals surface area contributed by atoms with Crippen LogP contribution in [-0.4, -0.2) is 47.9 Å². The fourth-order valence-corrected chi connectivity index (χ4v) is 3.53. The summed E-state index contributed by atoms with van der Waals surface area (Å²) >= 11 is 0. The molecule has 1 unspecified atom stereocenters. The zero-order valence-corrected chi connectivity index (χ0v) is 12.4. The first-order chi connectivity index (χ1) is 10.1. The number of carbonyl (C=O) groups is 1. The Morgan fingerprint density at radius 2 is 1.67 bits per heavy atom. The number of piperidine rings is 1. The summed E-state index contributed by atoms with van der Waals surface area (Å²) in [5.74, 6) is 0.0536. The van der Waals surface area contributed by atoms with Crippen LogP contribution in [0, 0.1) is 0 Å². The third-order valence-corrected chi connectivity index (χ3v) is 4.57. The molecule has 2 aliphatic heterocycles. The second-order valence-electron chi connectivity index (χ2n) is 6.18. The van der Waals surface area contributed by atoms with E-state index in [1.54, 1.807) is 18.2 Å². The van der Waals surface area contributed by atoms with Crippen LogP contribution in [0.4, 0.5) is 11.4 Å². The number of carbonyl (C=O) groups excluding carboxylic acids is 1. The fourth-order valence-electron chi connectivity index (χ4n) is 3.53. The third-order valence-electron chi connectivity index (χ3n) is 4.57. The number of likely N-dealkylation sites (tertiary alicyclic amines) is 2. The Morgan fingerprint density at radius 1 is 1.00 bits per heavy atom. The van der Waals surface area contributed by atoms with Gasteiger partial charge >= 0.3 is 0 Å². The summed E-state index contributed by atoms with van der Waals surface area (Å²) in [4.78, 5) is 17.2. The Morgan fingerprint density at radius 3 is 2.33 bits per heavy atom. The quantitative estimate of drug-likeness (QED) is 0.810. The molecule has 1 aromatic carbocycles. The smallest absolute Gasteiger partial charge is 0.254 e. The Labute approximate surface area is 125 Å². The lowest BCUT2D eigenvalue weighted by molar-refractivity contribution is 0.0608. The lowest BCUT2D eigenvalue weighted by atomic mass is 10.0. The molecule has 3 rings (SSSR count). The maximum Gasteiger partial charge on any atom is 0.254 e. The van der Waals surface area contributed by atoms with Gasteiger partial charge in [0.25, 0.3) is 5.91 Å². The molecule has 0 saturated carbocycles. The minimum Gasteiger partial charge on any atom is -0.399 e. The zero-order chi connectivity index (χ0) is 14.8. The highest BCUT2D eigenvalue weighted by Gasteiger charge is 2.29. The number of hydrogen-bond acceptors (Lipinski definition) is 4. The summed E-state index contributed by atoms with van der Waals surface area (Å²) in [7, 11) is 0. The van der Waals surface area contributed by atoms with Crippen molar-refractivity contribution in [2.75, 3.05) is 37.6 Å². The van der Waals surface area contributed by atoms with Gasteiger partial charge in [-0.3, -0.25) is 9.69 Å². The van der Waals surface area contributed by atoms with E-state index in [-0.39, 0.29) is 5.91 Å². The first-order valence-electron chi connectivity index (χ1n) is 7.83. The predicted molar refractivity (Wildman–Crippen MR) is 85.0 cm³/mol. The Balaban J connectivity index is 1.71. The number of rotatable bonds is 2. The normalized spacial score (nSPS) is 23.4. The van der Waals surface area contributed by atoms with E-state index in [4.69, 9.17) is 11.5 Å². The summed E-state index contributed by atoms with van der Waals surface area (Å²) in [5, 5.41) is 0. The molecule has 5 nitrogen and oxygen atoms in total. The van der Waals surface area contributed by atoms with E-state index >= 15 is 0 Å². The van der Waals surface area contributed by atoms with Gasteiger partial charge in [0.2, 0.25) is 0 Å². The van der Waals surface area contributed by atoms with Crippen LogP contribution in [0.5, 0.6) is 0 Å². The standard InChI is InChI=1S/C16H24N4O/c17-13-8-12(9-14(18)10-13)16(21)20-7-3-4-15(11-20)19-5-1-2-6-19/h8-10,15H,1-7,11,17-18H2. The second-order valence-corrected chi connectivity index (χ2v) is 6.18. The molecular formula is C16H24N4O. The van der Waals surface area contributed by atoms with E-state index < -0.39 is 0 Å². The van der Waals surface area contributed by atoms with E-state index in [2.05, 4.69) is 4.90 Å². The van der Waals surface area contributed by atoms with Crippen molar-refractivity contribution in [3.8, 4) is 0 Å². The summed E-state index contributed by atoms with van der Waals surface area (Å²) in [6.07, 6.45) is 4.85. The third kappa shape index (κ3) is 3.13. The molecule has 0 spiro atoms. The van der Waals surface area contributed by atoms with Crippen LogP contribution in [0.1, 0.15) is 36.0 Å². The van der Waals surface area contributed by atoms with Crippen molar-refractivity contribution < 1.29 is 4.79 Å². The molecule has 0 bridgehead atoms. The molecule has 0 aliphatic carbocycles. The van der Waals surface area contributed by atoms with Gasteiger partial charge < -0.3 is 16.4 Å². The van der Waals surface area contributed by atoms with Crippen molar-refractivity contribution in [1.82, 2.24) is 9.80 Å². The maximum atomic E-state index is 12.7. The van der Waals surface area contributed by atoms with Crippen molar-refractivity contribution in [1.29, 1.82) is 0 Å². The molecule has 4 N–H and O–H groups in total. The van der Waals surface area contributed by atoms with Crippen LogP contribution < -0.4 is 11.5 Å². The lowest BCUT2D eigenvalue weighted by Crippen LogP contribution is -2.49. The second kappa shape index (κ2) is 5.93. The first-order valence-corrected chi connectivity index (χ1v) is 7.83. The number of hydrogen-bond donors (Lipinski definition) is 2. The summed E-state index contributed by atoms with van der Waals surface area (Å²) in [6.45, 7) is 4.02. The maximum absolute atomic E-state index is 12.7. The van der Waals surface area contributed by atoms with E-state index in [0.717, 1.165) is 19.5 Å². The van der Waals surface area contributed by atoms with Crippen LogP contribution in [0.15, 0.2) is 18.2 Å². The van der Waals surface area contributed by atoms with Gasteiger partial charge in [0.05, 0.1) is 0 Å². The minimum atomic E-state index is 0.0536. The monoisotopic (exact) mass is 288 g/mol. The average molecular weight is 288 g/mol. The van der Waals surface area contributed by atoms with Crippen molar-refractivity contribution in [2.45, 2.75) is 31.7 Å². The molecule has 1 aromatic rings. The SMILES string of the molecule is Nc1cc(N)cc(C(=O)N2CCCC(N3CCCC3)C2)c1. The first kappa shape index (κ1) is 14.2. The van der Waals surface area contributed by atoms with Gasteiger partial charge in [0, 0.05) is 36.1 Å². The average Bonchev–Trinajstić information content (AvgIpc) is 3.00. The van der Waals surface area contributed by atoms with Crippen molar-refractivity contribution in [3.63, 3.8) is 0 Å². The summed E-state index contributed by atoms with van der Waals surface area (Å²) < 4.78 is 0. The van der Waals surface area contributed by atoms with Crippen molar-refractivity contribution >= 4 is 17.3 Å². The molecule has 2 saturated heterocycles. The van der Waals surface area contributed by atoms with Crippen LogP contribution in [0.3, 0.4) is 0 Å². The number of nitrogen functional groups attached to an aromatic ring is 2. The predicted octanol–water partition coefficient (Wildman–Crippen LogP) is 1.55. The van der Waals surface area contributed by atoms with Gasteiger partial charge in [-0.1, -0.05) is 0 Å². The highest BCUT2D eigenvalue weighted by molar-refractivity contribution is 5.96. The molecule has 0 radical (unpaired) electrons. The molecule has 1 atom stereocenters. The minimum absolute atomic E-state index is 0.0536. The number of nitrogens with zero attached hydrogens (tertiary/aromatic N) is 2. The molecule has 5 heteroatoms. The van der Waals surface area contributed by atoms with Crippen LogP contribution >= 0.6 is 0 Å². The van der Waals surface area contributed by atoms with Gasteiger partial charge in [-0.25, -0.2) is 0 Å². The summed E-state index contributed by atoms with van der Waals surface area (Å²) in [5.41, 5.74) is 13.3. The molecule has 2 fully saturated rings. The molecule has 21 heavy (non-hydrogen) atoms. The fraction of sp³-hybridized carbons (Fsp3) is 0.562. The largest absolute Gasteiger partial charge is 0.399 e. The van der Waals surface area contributed by atoms with Gasteiger partial charge in [-0.15, -0.1) is 0 Å². The highest BCUT2D eigenvalue weighted by atomic mass is 16.2. The number of anilines is 2. The van der Waals surface area contributed by atoms with Crippen LogP contribution in [-0.2, 0) is 0 Å². The number of amides is 1. The lowest BCUT2D eigenvalue weighted by Gasteiger charge is -2.37. The molecule has 114 valence electrons. The van der Waals surface area contributed by atoms with Crippen LogP contribution in [0.2, 0.25) is 0 Å². The van der Waals surface area contributed by atoms with Crippen LogP contribution in [0.25, 0.3) is 0 Å². The topological polar surface area (TPSA) is 75.6 Å². The molecule has 0 aromatic heterocycles. The van der Waals surface area contributed by atoms with E-state index in [1.807, 2.05) is 4.90 Å². The Bertz CT molecular complexity index is 505. The molecule has 2 heterocycles. The summed E-state index contributed by atoms with van der Waals surface area (Å²) in [6, 6.07) is 5.64. The van der Waals surface area contributed by atoms with E-state index in [1.165, 1.54) is 32.4 Å². The Kier molecular flexibility index (Phi) is 4.01. The number of benzene rings is 1. The van der Waals surface area contributed by atoms with Gasteiger partial charge in [0.15, 0.2) is 0 Å². The Hall–Kier alpha value is -1.75. The van der Waals surface area contributed by atoms with Gasteiger partial charge in [0.1, 0.15) is 0 Å². The molecule has 2 aliphatic rings. The van der Waals surface area contributed by atoms with Crippen molar-refractivity contribution in [2.24, 2.45) is 0 Å². The number of nitrogens with two attached hydrogens (primary N) is 2. The zero-order valence-electron chi connectivity index (χ0n) is 12.4. The van der Waals surface area contributed by atoms with Crippen molar-refractivity contribution in [3.05, 3.63) is 23.8 Å². The highest BCUT2D eigenvalue weighted by Crippen LogP contribution is 2.23. The van der Waals surface area contributed by atoms with E-state index in [0.29, 0.717) is 23.0 Å². The van der Waals surface area contributed by atoms with Gasteiger partial charge in [-0.05, 0) is 57.0 Å².